The van der Waals surface area contributed by atoms with Gasteiger partial charge in [-0.15, -0.1) is 0 Å². The third kappa shape index (κ3) is 5.66. The molecule has 0 N–H and O–H groups in total. The van der Waals surface area contributed by atoms with Gasteiger partial charge in [-0.2, -0.15) is 0 Å². The van der Waals surface area contributed by atoms with E-state index in [1.807, 2.05) is 0 Å². The molecule has 251 valence electrons. The van der Waals surface area contributed by atoms with Gasteiger partial charge in [0.05, 0.1) is 0 Å². The first-order valence-corrected chi connectivity index (χ1v) is 34.3. The van der Waals surface area contributed by atoms with Gasteiger partial charge in [-0.05, 0) is 0 Å². The van der Waals surface area contributed by atoms with Crippen molar-refractivity contribution in [2.75, 3.05) is 0 Å². The molecule has 0 saturated heterocycles. The third-order valence-electron chi connectivity index (χ3n) is 11.4. The Morgan fingerprint density at radius 2 is 0.896 bits per heavy atom. The molecule has 0 bridgehead atoms. The van der Waals surface area contributed by atoms with Crippen molar-refractivity contribution < 1.29 is 15.6 Å². The van der Waals surface area contributed by atoms with Gasteiger partial charge in [0.2, 0.25) is 0 Å². The number of hydrogen-bond donors (Lipinski definition) is 0. The molecule has 6 rings (SSSR count). The van der Waals surface area contributed by atoms with E-state index in [0.717, 1.165) is 12.8 Å². The number of allylic oxidation sites excluding steroid dienone is 2. The molecule has 2 unspecified atom stereocenters. The molecule has 0 amide bonds. The summed E-state index contributed by atoms with van der Waals surface area (Å²) in [5.74, 6) is -1.71. The van der Waals surface area contributed by atoms with Gasteiger partial charge >= 0.3 is 302 Å². The van der Waals surface area contributed by atoms with Crippen LogP contribution in [0.4, 0.5) is 0 Å². The number of hydrogen-bond acceptors (Lipinski definition) is 0. The second kappa shape index (κ2) is 12.7. The Kier molecular flexibility index (Phi) is 9.46. The van der Waals surface area contributed by atoms with E-state index in [4.69, 9.17) is 17.0 Å². The SMILES string of the molecule is CCc1ccccc1-c1cccc2c1C=C(C(C)(C)C)[CH]2[Zr]([Cl])([Cl])([CH]1C(C(C)(C)C)=Cc2c(-c3ccccc3CC)cccc21)[SiH](C)C. The van der Waals surface area contributed by atoms with Crippen LogP contribution < -0.4 is 0 Å². The summed E-state index contributed by atoms with van der Waals surface area (Å²) in [6, 6.07) is 31.7. The standard InChI is InChI=1S/2C21H23.C2H7Si.2ClH.Zr/c2*1-5-15-9-6-7-11-18(15)19-12-8-10-16-13-17(14-20(16)19)21(2,3)4;1-3-2;;;/h2*6-14H,5H2,1-4H3;3H,1-2H3;2*1H;/q;;;;;+2/p-2. The van der Waals surface area contributed by atoms with E-state index in [1.165, 1.54) is 66.8 Å². The van der Waals surface area contributed by atoms with Crippen LogP contribution in [-0.2, 0) is 28.4 Å². The fourth-order valence-corrected chi connectivity index (χ4v) is 40.2. The van der Waals surface area contributed by atoms with Crippen LogP contribution in [0.25, 0.3) is 34.4 Å². The molecule has 2 aliphatic rings. The Bertz CT molecular complexity index is 1810. The number of halogens is 2. The summed E-state index contributed by atoms with van der Waals surface area (Å²) in [4.78, 5) is 0. The van der Waals surface area contributed by atoms with E-state index in [9.17, 15) is 0 Å². The van der Waals surface area contributed by atoms with E-state index >= 15 is 0 Å². The van der Waals surface area contributed by atoms with Crippen molar-refractivity contribution in [1.82, 2.24) is 0 Å². The molecule has 4 aromatic carbocycles. The van der Waals surface area contributed by atoms with Gasteiger partial charge in [-0.1, -0.05) is 0 Å². The number of aryl methyl sites for hydroxylation is 2. The fourth-order valence-electron chi connectivity index (χ4n) is 8.78. The van der Waals surface area contributed by atoms with Gasteiger partial charge in [0.25, 0.3) is 0 Å². The molecule has 0 saturated carbocycles. The van der Waals surface area contributed by atoms with Crippen molar-refractivity contribution in [2.45, 2.75) is 88.6 Å². The summed E-state index contributed by atoms with van der Waals surface area (Å²) in [7, 11) is 17.7. The molecule has 48 heavy (non-hydrogen) atoms. The van der Waals surface area contributed by atoms with Gasteiger partial charge in [0.15, 0.2) is 0 Å². The summed E-state index contributed by atoms with van der Waals surface area (Å²) in [6.07, 6.45) is 7.02. The van der Waals surface area contributed by atoms with Crippen LogP contribution in [-0.4, -0.2) is 5.92 Å². The maximum atomic E-state index is 8.87. The molecule has 4 heteroatoms. The topological polar surface area (TPSA) is 0 Å². The second-order valence-corrected chi connectivity index (χ2v) is 59.1. The second-order valence-electron chi connectivity index (χ2n) is 16.6. The number of fused-ring (bicyclic) bond motifs is 2. The maximum absolute atomic E-state index is 8.87. The van der Waals surface area contributed by atoms with E-state index in [0.29, 0.717) is 0 Å². The molecule has 0 aromatic heterocycles. The van der Waals surface area contributed by atoms with E-state index in [2.05, 4.69) is 166 Å². The minimum absolute atomic E-state index is 0.0402. The molecule has 0 radical (unpaired) electrons. The monoisotopic (exact) mass is 769 g/mol. The van der Waals surface area contributed by atoms with Crippen LogP contribution in [0.15, 0.2) is 96.1 Å². The zero-order valence-electron chi connectivity index (χ0n) is 30.6. The van der Waals surface area contributed by atoms with Crippen molar-refractivity contribution in [3.63, 3.8) is 0 Å². The summed E-state index contributed by atoms with van der Waals surface area (Å²) >= 11 is -5.00. The van der Waals surface area contributed by atoms with E-state index in [1.54, 1.807) is 0 Å². The van der Waals surface area contributed by atoms with Gasteiger partial charge in [-0.3, -0.25) is 0 Å². The molecule has 0 aliphatic heterocycles. The van der Waals surface area contributed by atoms with Crippen LogP contribution in [0.2, 0.25) is 13.1 Å². The van der Waals surface area contributed by atoms with Gasteiger partial charge in [0, 0.05) is 0 Å². The predicted octanol–water partition coefficient (Wildman–Crippen LogP) is 13.8. The number of rotatable bonds is 7. The van der Waals surface area contributed by atoms with Crippen LogP contribution in [0.1, 0.15) is 96.0 Å². The van der Waals surface area contributed by atoms with Crippen LogP contribution in [0.5, 0.6) is 0 Å². The van der Waals surface area contributed by atoms with Gasteiger partial charge < -0.3 is 0 Å². The molecule has 2 aliphatic carbocycles. The Morgan fingerprint density at radius 3 is 1.23 bits per heavy atom. The molecule has 0 nitrogen and oxygen atoms in total. The first-order chi connectivity index (χ1) is 22.5. The van der Waals surface area contributed by atoms with Crippen LogP contribution in [0, 0.1) is 10.8 Å². The Morgan fingerprint density at radius 1 is 0.542 bits per heavy atom. The zero-order valence-corrected chi connectivity index (χ0v) is 35.8. The molecule has 0 spiro atoms. The number of benzene rings is 4. The van der Waals surface area contributed by atoms with Crippen LogP contribution >= 0.6 is 17.0 Å². The van der Waals surface area contributed by atoms with Gasteiger partial charge in [0.1, 0.15) is 0 Å². The Labute approximate surface area is 299 Å². The quantitative estimate of drug-likeness (QED) is 0.164. The van der Waals surface area contributed by atoms with Crippen molar-refractivity contribution in [3.8, 4) is 22.3 Å². The van der Waals surface area contributed by atoms with Crippen LogP contribution in [0.3, 0.4) is 0 Å². The summed E-state index contributed by atoms with van der Waals surface area (Å²) < 4.78 is 0.0805. The predicted molar refractivity (Wildman–Crippen MR) is 213 cm³/mol. The summed E-state index contributed by atoms with van der Waals surface area (Å²) in [6.45, 7) is 23.6. The van der Waals surface area contributed by atoms with Crippen molar-refractivity contribution in [1.29, 1.82) is 0 Å². The molecular formula is C44H53Cl2SiZr. The molecule has 2 atom stereocenters. The van der Waals surface area contributed by atoms with E-state index in [-0.39, 0.29) is 18.1 Å². The Balaban J connectivity index is 1.67. The Hall–Kier alpha value is -1.96. The molecular weight excluding hydrogens is 719 g/mol. The minimum atomic E-state index is -5.00. The first-order valence-electron chi connectivity index (χ1n) is 18.0. The third-order valence-corrected chi connectivity index (χ3v) is 63.0. The van der Waals surface area contributed by atoms with Crippen molar-refractivity contribution >= 4 is 35.1 Å². The molecule has 4 aromatic rings. The average Bonchev–Trinajstić information content (AvgIpc) is 3.66. The first kappa shape index (κ1) is 35.9. The van der Waals surface area contributed by atoms with Crippen molar-refractivity contribution in [3.05, 3.63) is 129 Å². The average molecular weight is 772 g/mol. The molecule has 0 fully saturated rings. The van der Waals surface area contributed by atoms with Crippen molar-refractivity contribution in [2.24, 2.45) is 10.8 Å². The normalized spacial score (nSPS) is 18.6. The summed E-state index contributed by atoms with van der Waals surface area (Å²) in [5.41, 5.74) is 16.0. The zero-order chi connectivity index (χ0) is 34.8. The fraction of sp³-hybridized carbons (Fsp3) is 0.364. The van der Waals surface area contributed by atoms with Gasteiger partial charge in [-0.25, -0.2) is 0 Å². The van der Waals surface area contributed by atoms with E-state index < -0.39 is 21.5 Å². The summed E-state index contributed by atoms with van der Waals surface area (Å²) in [5, 5.41) is 0. The molecule has 0 heterocycles.